The van der Waals surface area contributed by atoms with E-state index in [1.54, 1.807) is 32.5 Å². The Kier molecular flexibility index (Phi) is 6.22. The Balaban J connectivity index is 1.46. The quantitative estimate of drug-likeness (QED) is 0.420. The molecule has 1 heterocycles. The average Bonchev–Trinajstić information content (AvgIpc) is 3.30. The van der Waals surface area contributed by atoms with Crippen LogP contribution in [0.15, 0.2) is 77.3 Å². The topological polar surface area (TPSA) is 73.6 Å². The smallest absolute Gasteiger partial charge is 0.228 e. The first kappa shape index (κ1) is 21.2. The van der Waals surface area contributed by atoms with Crippen molar-refractivity contribution in [3.8, 4) is 34.3 Å². The molecule has 4 aromatic rings. The van der Waals surface area contributed by atoms with Crippen LogP contribution in [0.25, 0.3) is 22.8 Å². The molecule has 3 aromatic carbocycles. The van der Waals surface area contributed by atoms with Gasteiger partial charge in [0.05, 0.1) is 26.8 Å². The summed E-state index contributed by atoms with van der Waals surface area (Å²) in [5.74, 6) is 2.27. The van der Waals surface area contributed by atoms with Gasteiger partial charge in [0.25, 0.3) is 0 Å². The number of aromatic nitrogens is 1. The third-order valence-electron chi connectivity index (χ3n) is 5.05. The number of oxazole rings is 1. The number of hydrogen-bond acceptors (Lipinski definition) is 5. The highest BCUT2D eigenvalue weighted by Crippen LogP contribution is 2.29. The van der Waals surface area contributed by atoms with Crippen molar-refractivity contribution in [2.45, 2.75) is 13.3 Å². The second-order valence-electron chi connectivity index (χ2n) is 7.39. The number of aryl methyl sites for hydroxylation is 1. The Morgan fingerprint density at radius 2 is 1.72 bits per heavy atom. The molecule has 0 bridgehead atoms. The zero-order valence-corrected chi connectivity index (χ0v) is 18.2. The molecule has 1 amide bonds. The average molecular weight is 428 g/mol. The van der Waals surface area contributed by atoms with Crippen molar-refractivity contribution >= 4 is 11.6 Å². The summed E-state index contributed by atoms with van der Waals surface area (Å²) in [5.41, 5.74) is 4.43. The molecule has 0 fully saturated rings. The fraction of sp³-hybridized carbons (Fsp3) is 0.154. The number of anilines is 1. The summed E-state index contributed by atoms with van der Waals surface area (Å²) in [6.45, 7) is 2.04. The van der Waals surface area contributed by atoms with Crippen LogP contribution in [-0.2, 0) is 11.2 Å². The minimum Gasteiger partial charge on any atom is -0.493 e. The molecular formula is C26H24N2O4. The van der Waals surface area contributed by atoms with E-state index in [1.165, 1.54) is 5.56 Å². The van der Waals surface area contributed by atoms with Gasteiger partial charge < -0.3 is 19.2 Å². The Bertz CT molecular complexity index is 1230. The highest BCUT2D eigenvalue weighted by Gasteiger charge is 2.12. The van der Waals surface area contributed by atoms with Crippen LogP contribution in [0.3, 0.4) is 0 Å². The van der Waals surface area contributed by atoms with Crippen LogP contribution < -0.4 is 14.8 Å². The molecule has 0 unspecified atom stereocenters. The maximum atomic E-state index is 12.6. The number of rotatable bonds is 7. The van der Waals surface area contributed by atoms with Crippen LogP contribution in [0.4, 0.5) is 5.69 Å². The summed E-state index contributed by atoms with van der Waals surface area (Å²) in [6, 6.07) is 20.9. The molecule has 0 radical (unpaired) electrons. The zero-order chi connectivity index (χ0) is 22.5. The molecule has 0 atom stereocenters. The molecule has 32 heavy (non-hydrogen) atoms. The van der Waals surface area contributed by atoms with Gasteiger partial charge in [-0.1, -0.05) is 42.0 Å². The Morgan fingerprint density at radius 3 is 2.47 bits per heavy atom. The molecule has 0 aliphatic heterocycles. The van der Waals surface area contributed by atoms with Crippen LogP contribution in [0.1, 0.15) is 11.1 Å². The fourth-order valence-electron chi connectivity index (χ4n) is 3.37. The Morgan fingerprint density at radius 1 is 0.938 bits per heavy atom. The van der Waals surface area contributed by atoms with Crippen molar-refractivity contribution in [1.29, 1.82) is 0 Å². The van der Waals surface area contributed by atoms with Gasteiger partial charge in [-0.05, 0) is 42.8 Å². The van der Waals surface area contributed by atoms with Crippen molar-refractivity contribution in [1.82, 2.24) is 4.98 Å². The first-order chi connectivity index (χ1) is 15.6. The lowest BCUT2D eigenvalue weighted by atomic mass is 10.1. The van der Waals surface area contributed by atoms with Crippen molar-refractivity contribution in [3.05, 3.63) is 84.1 Å². The molecular weight excluding hydrogens is 404 g/mol. The number of hydrogen-bond donors (Lipinski definition) is 1. The maximum absolute atomic E-state index is 12.6. The monoisotopic (exact) mass is 428 g/mol. The number of nitrogens with one attached hydrogen (secondary N) is 1. The number of benzene rings is 3. The van der Waals surface area contributed by atoms with Gasteiger partial charge in [-0.15, -0.1) is 0 Å². The first-order valence-corrected chi connectivity index (χ1v) is 10.2. The van der Waals surface area contributed by atoms with E-state index >= 15 is 0 Å². The van der Waals surface area contributed by atoms with Crippen molar-refractivity contribution in [3.63, 3.8) is 0 Å². The zero-order valence-electron chi connectivity index (χ0n) is 18.2. The summed E-state index contributed by atoms with van der Waals surface area (Å²) in [7, 11) is 3.15. The van der Waals surface area contributed by atoms with Gasteiger partial charge in [0.2, 0.25) is 11.8 Å². The van der Waals surface area contributed by atoms with Crippen molar-refractivity contribution < 1.29 is 18.7 Å². The summed E-state index contributed by atoms with van der Waals surface area (Å²) >= 11 is 0. The second kappa shape index (κ2) is 9.39. The van der Waals surface area contributed by atoms with E-state index in [4.69, 9.17) is 13.9 Å². The highest BCUT2D eigenvalue weighted by atomic mass is 16.5. The van der Waals surface area contributed by atoms with E-state index in [9.17, 15) is 4.79 Å². The van der Waals surface area contributed by atoms with Crippen LogP contribution in [-0.4, -0.2) is 25.1 Å². The Hall–Kier alpha value is -4.06. The van der Waals surface area contributed by atoms with Gasteiger partial charge in [-0.2, -0.15) is 0 Å². The fourth-order valence-corrected chi connectivity index (χ4v) is 3.37. The van der Waals surface area contributed by atoms with Gasteiger partial charge in [0.15, 0.2) is 17.3 Å². The molecule has 0 saturated carbocycles. The van der Waals surface area contributed by atoms with Crippen LogP contribution in [0, 0.1) is 6.92 Å². The molecule has 0 aliphatic rings. The second-order valence-corrected chi connectivity index (χ2v) is 7.39. The number of nitrogens with zero attached hydrogens (tertiary/aromatic N) is 1. The molecule has 0 saturated heterocycles. The standard InChI is InChI=1S/C26H24N2O4/c1-17-7-10-19(11-8-17)24-16-27-26(32-24)20-5-4-6-21(15-20)28-25(29)14-18-9-12-22(30-2)23(13-18)31-3/h4-13,15-16H,14H2,1-3H3,(H,28,29). The molecule has 162 valence electrons. The van der Waals surface area contributed by atoms with Crippen LogP contribution in [0.2, 0.25) is 0 Å². The van der Waals surface area contributed by atoms with Crippen LogP contribution in [0.5, 0.6) is 11.5 Å². The van der Waals surface area contributed by atoms with Gasteiger partial charge in [0, 0.05) is 16.8 Å². The summed E-state index contributed by atoms with van der Waals surface area (Å²) < 4.78 is 16.5. The summed E-state index contributed by atoms with van der Waals surface area (Å²) in [5, 5.41) is 2.93. The maximum Gasteiger partial charge on any atom is 0.228 e. The minimum atomic E-state index is -0.137. The minimum absolute atomic E-state index is 0.137. The number of ether oxygens (including phenoxy) is 2. The number of methoxy groups -OCH3 is 2. The van der Waals surface area contributed by atoms with Crippen LogP contribution >= 0.6 is 0 Å². The number of amides is 1. The lowest BCUT2D eigenvalue weighted by Crippen LogP contribution is -2.14. The predicted molar refractivity (Wildman–Crippen MR) is 124 cm³/mol. The van der Waals surface area contributed by atoms with E-state index in [1.807, 2.05) is 61.5 Å². The molecule has 0 aliphatic carbocycles. The van der Waals surface area contributed by atoms with E-state index in [0.29, 0.717) is 28.8 Å². The molecule has 1 N–H and O–H groups in total. The molecule has 6 nitrogen and oxygen atoms in total. The van der Waals surface area contributed by atoms with E-state index in [0.717, 1.165) is 16.7 Å². The third kappa shape index (κ3) is 4.81. The molecule has 6 heteroatoms. The lowest BCUT2D eigenvalue weighted by Gasteiger charge is -2.10. The van der Waals surface area contributed by atoms with Gasteiger partial charge in [-0.3, -0.25) is 4.79 Å². The van der Waals surface area contributed by atoms with Gasteiger partial charge in [0.1, 0.15) is 0 Å². The SMILES string of the molecule is COc1ccc(CC(=O)Nc2cccc(-c3ncc(-c4ccc(C)cc4)o3)c2)cc1OC. The van der Waals surface area contributed by atoms with Gasteiger partial charge >= 0.3 is 0 Å². The van der Waals surface area contributed by atoms with E-state index in [2.05, 4.69) is 10.3 Å². The Labute approximate surface area is 186 Å². The highest BCUT2D eigenvalue weighted by molar-refractivity contribution is 5.92. The van der Waals surface area contributed by atoms with E-state index in [-0.39, 0.29) is 12.3 Å². The normalized spacial score (nSPS) is 10.6. The van der Waals surface area contributed by atoms with Crippen molar-refractivity contribution in [2.24, 2.45) is 0 Å². The summed E-state index contributed by atoms with van der Waals surface area (Å²) in [6.07, 6.45) is 1.92. The molecule has 0 spiro atoms. The molecule has 1 aromatic heterocycles. The number of carbonyl (C=O) groups excluding carboxylic acids is 1. The summed E-state index contributed by atoms with van der Waals surface area (Å²) in [4.78, 5) is 17.0. The molecule has 4 rings (SSSR count). The van der Waals surface area contributed by atoms with Gasteiger partial charge in [-0.25, -0.2) is 4.98 Å². The third-order valence-corrected chi connectivity index (χ3v) is 5.05. The van der Waals surface area contributed by atoms with Crippen molar-refractivity contribution in [2.75, 3.05) is 19.5 Å². The first-order valence-electron chi connectivity index (χ1n) is 10.2. The predicted octanol–water partition coefficient (Wildman–Crippen LogP) is 5.52. The van der Waals surface area contributed by atoms with E-state index < -0.39 is 0 Å². The number of carbonyl (C=O) groups is 1. The lowest BCUT2D eigenvalue weighted by molar-refractivity contribution is -0.115. The largest absolute Gasteiger partial charge is 0.493 e.